The predicted molar refractivity (Wildman–Crippen MR) is 131 cm³/mol. The number of methoxy groups -OCH3 is 1. The summed E-state index contributed by atoms with van der Waals surface area (Å²) >= 11 is 0. The zero-order valence-electron chi connectivity index (χ0n) is 20.9. The molecule has 2 aliphatic rings. The molecule has 1 aromatic heterocycles. The number of ether oxygens (including phenoxy) is 5. The van der Waals surface area contributed by atoms with Gasteiger partial charge < -0.3 is 69.0 Å². The number of benzene rings is 2. The number of rotatable bonds is 6. The van der Waals surface area contributed by atoms with Crippen molar-refractivity contribution in [1.82, 2.24) is 0 Å². The van der Waals surface area contributed by atoms with E-state index in [2.05, 4.69) is 0 Å². The number of hydrogen-bond acceptors (Lipinski definition) is 15. The summed E-state index contributed by atoms with van der Waals surface area (Å²) in [5.74, 6) is -1.03. The Kier molecular flexibility index (Phi) is 7.75. The maximum absolute atomic E-state index is 13.4. The van der Waals surface area contributed by atoms with E-state index >= 15 is 0 Å². The second-order valence-corrected chi connectivity index (χ2v) is 9.46. The van der Waals surface area contributed by atoms with E-state index < -0.39 is 78.8 Å². The summed E-state index contributed by atoms with van der Waals surface area (Å²) in [6, 6.07) is 4.77. The van der Waals surface area contributed by atoms with Crippen molar-refractivity contribution in [2.24, 2.45) is 0 Å². The summed E-state index contributed by atoms with van der Waals surface area (Å²) in [6.45, 7) is -0.871. The molecule has 2 aromatic carbocycles. The van der Waals surface area contributed by atoms with Crippen molar-refractivity contribution in [3.63, 3.8) is 0 Å². The largest absolute Gasteiger partial charge is 0.508 e. The average molecular weight is 568 g/mol. The molecule has 0 spiro atoms. The minimum Gasteiger partial charge on any atom is -0.508 e. The molecule has 0 unspecified atom stereocenters. The number of aliphatic hydroxyl groups excluding tert-OH is 6. The van der Waals surface area contributed by atoms with Gasteiger partial charge in [-0.15, -0.1) is 0 Å². The van der Waals surface area contributed by atoms with Crippen molar-refractivity contribution < 1.29 is 69.0 Å². The highest BCUT2D eigenvalue weighted by Gasteiger charge is 2.46. The molecule has 218 valence electrons. The van der Waals surface area contributed by atoms with Gasteiger partial charge in [0.2, 0.25) is 11.7 Å². The van der Waals surface area contributed by atoms with Gasteiger partial charge in [-0.3, -0.25) is 4.79 Å². The summed E-state index contributed by atoms with van der Waals surface area (Å²) in [5, 5.41) is 81.0. The van der Waals surface area contributed by atoms with Gasteiger partial charge in [0.25, 0.3) is 0 Å². The lowest BCUT2D eigenvalue weighted by Crippen LogP contribution is -2.61. The van der Waals surface area contributed by atoms with Crippen LogP contribution in [-0.4, -0.2) is 116 Å². The van der Waals surface area contributed by atoms with Gasteiger partial charge in [-0.2, -0.15) is 0 Å². The molecular formula is C25H28O15. The van der Waals surface area contributed by atoms with E-state index in [1.807, 2.05) is 0 Å². The molecule has 40 heavy (non-hydrogen) atoms. The molecule has 0 bridgehead atoms. The third kappa shape index (κ3) is 4.91. The van der Waals surface area contributed by atoms with Crippen LogP contribution in [0.5, 0.6) is 23.0 Å². The van der Waals surface area contributed by atoms with Crippen LogP contribution in [0.4, 0.5) is 0 Å². The topological polar surface area (TPSA) is 238 Å². The maximum Gasteiger partial charge on any atom is 0.229 e. The van der Waals surface area contributed by atoms with E-state index in [1.165, 1.54) is 19.2 Å². The molecular weight excluding hydrogens is 540 g/mol. The molecule has 2 saturated heterocycles. The molecule has 2 aliphatic heterocycles. The van der Waals surface area contributed by atoms with E-state index in [0.717, 1.165) is 12.1 Å². The Bertz CT molecular complexity index is 1440. The van der Waals surface area contributed by atoms with Crippen LogP contribution in [0.15, 0.2) is 33.5 Å². The number of hydrogen-bond donors (Lipinski definition) is 8. The normalized spacial score (nSPS) is 32.8. The van der Waals surface area contributed by atoms with Crippen LogP contribution >= 0.6 is 0 Å². The molecule has 0 radical (unpaired) electrons. The maximum atomic E-state index is 13.4. The fourth-order valence-electron chi connectivity index (χ4n) is 4.64. The Morgan fingerprint density at radius 1 is 0.875 bits per heavy atom. The van der Waals surface area contributed by atoms with Crippen molar-refractivity contribution in [2.75, 3.05) is 20.3 Å². The Morgan fingerprint density at radius 2 is 1.60 bits per heavy atom. The fourth-order valence-corrected chi connectivity index (χ4v) is 4.64. The second kappa shape index (κ2) is 11.0. The van der Waals surface area contributed by atoms with Crippen LogP contribution in [0.3, 0.4) is 0 Å². The molecule has 3 aromatic rings. The zero-order chi connectivity index (χ0) is 28.9. The first-order valence-electron chi connectivity index (χ1n) is 12.1. The number of phenolic OH excluding ortho intramolecular Hbond substituents is 2. The van der Waals surface area contributed by atoms with Gasteiger partial charge in [-0.1, -0.05) is 0 Å². The highest BCUT2D eigenvalue weighted by atomic mass is 16.7. The summed E-state index contributed by atoms with van der Waals surface area (Å²) < 4.78 is 32.7. The zero-order valence-corrected chi connectivity index (χ0v) is 20.9. The standard InChI is InChI=1S/C25H28O15/c1-35-11-3-2-9(27)15-19(31)16-12(38-23(11)15)4-8(26)5-13(16)39-25-22(34)20(32)18(30)14(40-25)7-37-24-21(33)17(29)10(28)6-36-24/h2-5,10,14,17-18,20-22,24-30,32-34H,6-7H2,1H3/t10-,14-,17-,18-,20-,21-,22-,24+,25-/m1/s1. The third-order valence-corrected chi connectivity index (χ3v) is 6.83. The lowest BCUT2D eigenvalue weighted by molar-refractivity contribution is -0.307. The van der Waals surface area contributed by atoms with Crippen molar-refractivity contribution in [3.05, 3.63) is 34.5 Å². The Balaban J connectivity index is 1.45. The molecule has 15 heteroatoms. The summed E-state index contributed by atoms with van der Waals surface area (Å²) in [4.78, 5) is 13.4. The lowest BCUT2D eigenvalue weighted by atomic mass is 9.99. The van der Waals surface area contributed by atoms with Crippen LogP contribution in [0.1, 0.15) is 0 Å². The molecule has 5 rings (SSSR count). The van der Waals surface area contributed by atoms with Crippen molar-refractivity contribution in [3.8, 4) is 23.0 Å². The Labute approximate surface area is 224 Å². The minimum atomic E-state index is -1.85. The SMILES string of the molecule is COc1ccc(O)c2c(=O)c3c(O[C@@H]4O[C@H](CO[C@@H]5OC[C@@H](O)[C@@H](O)[C@H]5O)[C@@H](O)[C@@H](O)[C@H]4O)cc(O)cc3oc12. The van der Waals surface area contributed by atoms with E-state index in [0.29, 0.717) is 0 Å². The monoisotopic (exact) mass is 568 g/mol. The quantitative estimate of drug-likeness (QED) is 0.150. The number of aromatic hydroxyl groups is 2. The summed E-state index contributed by atoms with van der Waals surface area (Å²) in [5.41, 5.74) is -1.02. The van der Waals surface area contributed by atoms with Crippen molar-refractivity contribution in [1.29, 1.82) is 0 Å². The van der Waals surface area contributed by atoms with Crippen LogP contribution in [0.25, 0.3) is 21.9 Å². The molecule has 0 saturated carbocycles. The van der Waals surface area contributed by atoms with Gasteiger partial charge in [0.1, 0.15) is 76.3 Å². The van der Waals surface area contributed by atoms with Gasteiger partial charge in [0.05, 0.1) is 20.3 Å². The van der Waals surface area contributed by atoms with E-state index in [-0.39, 0.29) is 40.0 Å². The van der Waals surface area contributed by atoms with Gasteiger partial charge >= 0.3 is 0 Å². The van der Waals surface area contributed by atoms with Gasteiger partial charge in [-0.25, -0.2) is 0 Å². The van der Waals surface area contributed by atoms with E-state index in [1.54, 1.807) is 0 Å². The molecule has 0 aliphatic carbocycles. The number of aliphatic hydroxyl groups is 6. The van der Waals surface area contributed by atoms with E-state index in [9.17, 15) is 45.6 Å². The second-order valence-electron chi connectivity index (χ2n) is 9.46. The summed E-state index contributed by atoms with van der Waals surface area (Å²) in [6.07, 6.45) is -14.4. The molecule has 2 fully saturated rings. The smallest absolute Gasteiger partial charge is 0.229 e. The first-order valence-corrected chi connectivity index (χ1v) is 12.1. The van der Waals surface area contributed by atoms with E-state index in [4.69, 9.17) is 28.1 Å². The first-order chi connectivity index (χ1) is 19.0. The third-order valence-electron chi connectivity index (χ3n) is 6.83. The Morgan fingerprint density at radius 3 is 2.33 bits per heavy atom. The van der Waals surface area contributed by atoms with Crippen LogP contribution in [0, 0.1) is 0 Å². The van der Waals surface area contributed by atoms with Crippen LogP contribution < -0.4 is 14.9 Å². The van der Waals surface area contributed by atoms with Gasteiger partial charge in [-0.05, 0) is 12.1 Å². The summed E-state index contributed by atoms with van der Waals surface area (Å²) in [7, 11) is 1.33. The van der Waals surface area contributed by atoms with Gasteiger partial charge in [0, 0.05) is 12.1 Å². The molecule has 15 nitrogen and oxygen atoms in total. The number of phenols is 2. The molecule has 0 amide bonds. The number of fused-ring (bicyclic) bond motifs is 2. The highest BCUT2D eigenvalue weighted by molar-refractivity contribution is 5.98. The molecule has 8 N–H and O–H groups in total. The fraction of sp³-hybridized carbons (Fsp3) is 0.480. The minimum absolute atomic E-state index is 0.0917. The average Bonchev–Trinajstić information content (AvgIpc) is 2.92. The first kappa shape index (κ1) is 28.3. The van der Waals surface area contributed by atoms with Crippen LogP contribution in [-0.2, 0) is 14.2 Å². The lowest BCUT2D eigenvalue weighted by Gasteiger charge is -2.41. The van der Waals surface area contributed by atoms with Crippen molar-refractivity contribution >= 4 is 21.9 Å². The molecule has 9 atom stereocenters. The molecule has 3 heterocycles. The van der Waals surface area contributed by atoms with Crippen LogP contribution in [0.2, 0.25) is 0 Å². The highest BCUT2D eigenvalue weighted by Crippen LogP contribution is 2.37. The van der Waals surface area contributed by atoms with Crippen molar-refractivity contribution in [2.45, 2.75) is 55.3 Å². The predicted octanol–water partition coefficient (Wildman–Crippen LogP) is -1.99. The van der Waals surface area contributed by atoms with Gasteiger partial charge in [0.15, 0.2) is 17.6 Å². The Hall–Kier alpha value is -3.25.